The fourth-order valence-corrected chi connectivity index (χ4v) is 2.82. The summed E-state index contributed by atoms with van der Waals surface area (Å²) in [6, 6.07) is 23.5. The second-order valence-corrected chi connectivity index (χ2v) is 6.41. The molecular weight excluding hydrogens is 344 g/mol. The van der Waals surface area contributed by atoms with Crippen LogP contribution in [0.5, 0.6) is 0 Å². The van der Waals surface area contributed by atoms with Crippen molar-refractivity contribution < 1.29 is 0 Å². The maximum Gasteiger partial charge on any atom is 0.174 e. The quantitative estimate of drug-likeness (QED) is 0.463. The minimum Gasteiger partial charge on any atom is -0.337 e. The molecule has 0 spiro atoms. The van der Waals surface area contributed by atoms with Gasteiger partial charge in [0.25, 0.3) is 0 Å². The number of nitrogens with one attached hydrogen (secondary N) is 2. The van der Waals surface area contributed by atoms with E-state index in [1.54, 1.807) is 0 Å². The van der Waals surface area contributed by atoms with Crippen molar-refractivity contribution in [3.63, 3.8) is 0 Å². The highest BCUT2D eigenvalue weighted by molar-refractivity contribution is 6.33. The highest BCUT2D eigenvalue weighted by atomic mass is 35.5. The number of nitrogens with zero attached hydrogens (tertiary/aromatic N) is 2. The smallest absolute Gasteiger partial charge is 0.174 e. The van der Waals surface area contributed by atoms with Gasteiger partial charge >= 0.3 is 0 Å². The number of aromatic nitrogens is 2. The molecule has 3 aromatic carbocycles. The van der Waals surface area contributed by atoms with Crippen LogP contribution in [-0.4, -0.2) is 9.97 Å². The average Bonchev–Trinajstić information content (AvgIpc) is 2.66. The Hall–Kier alpha value is -3.11. The minimum atomic E-state index is 0.623. The second-order valence-electron chi connectivity index (χ2n) is 6.01. The van der Waals surface area contributed by atoms with Crippen molar-refractivity contribution in [1.82, 2.24) is 9.97 Å². The van der Waals surface area contributed by atoms with Crippen molar-refractivity contribution in [2.24, 2.45) is 0 Å². The van der Waals surface area contributed by atoms with Crippen molar-refractivity contribution in [1.29, 1.82) is 0 Å². The molecule has 0 aliphatic heterocycles. The van der Waals surface area contributed by atoms with E-state index < -0.39 is 0 Å². The van der Waals surface area contributed by atoms with Gasteiger partial charge in [-0.2, -0.15) is 0 Å². The lowest BCUT2D eigenvalue weighted by atomic mass is 10.2. The zero-order valence-corrected chi connectivity index (χ0v) is 15.0. The van der Waals surface area contributed by atoms with E-state index in [4.69, 9.17) is 21.6 Å². The summed E-state index contributed by atoms with van der Waals surface area (Å²) in [6.07, 6.45) is 0. The molecule has 0 aliphatic rings. The second kappa shape index (κ2) is 7.02. The molecule has 2 N–H and O–H groups in total. The molecule has 4 aromatic rings. The summed E-state index contributed by atoms with van der Waals surface area (Å²) in [5.41, 5.74) is 4.57. The third-order valence-electron chi connectivity index (χ3n) is 4.01. The number of hydrogen-bond donors (Lipinski definition) is 2. The molecule has 4 rings (SSSR count). The van der Waals surface area contributed by atoms with E-state index in [0.717, 1.165) is 22.4 Å². The third-order valence-corrected chi connectivity index (χ3v) is 4.34. The van der Waals surface area contributed by atoms with Gasteiger partial charge in [0.1, 0.15) is 0 Å². The van der Waals surface area contributed by atoms with Crippen LogP contribution in [0.2, 0.25) is 5.02 Å². The molecule has 1 aromatic heterocycles. The van der Waals surface area contributed by atoms with Gasteiger partial charge in [0, 0.05) is 5.69 Å². The van der Waals surface area contributed by atoms with Crippen molar-refractivity contribution in [3.8, 4) is 0 Å². The Morgan fingerprint density at radius 3 is 1.92 bits per heavy atom. The number of fused-ring (bicyclic) bond motifs is 1. The Morgan fingerprint density at radius 1 is 0.692 bits per heavy atom. The van der Waals surface area contributed by atoms with Crippen LogP contribution in [-0.2, 0) is 0 Å². The monoisotopic (exact) mass is 360 g/mol. The van der Waals surface area contributed by atoms with Crippen LogP contribution in [0.4, 0.5) is 23.0 Å². The lowest BCUT2D eigenvalue weighted by molar-refractivity contribution is 1.27. The van der Waals surface area contributed by atoms with Gasteiger partial charge in [-0.15, -0.1) is 0 Å². The number of para-hydroxylation sites is 3. The zero-order chi connectivity index (χ0) is 17.9. The normalized spacial score (nSPS) is 10.7. The topological polar surface area (TPSA) is 49.8 Å². The number of rotatable bonds is 4. The Kier molecular flexibility index (Phi) is 4.42. The van der Waals surface area contributed by atoms with E-state index in [9.17, 15) is 0 Å². The fraction of sp³-hybridized carbons (Fsp3) is 0.0476. The van der Waals surface area contributed by atoms with Gasteiger partial charge in [-0.05, 0) is 43.3 Å². The summed E-state index contributed by atoms with van der Waals surface area (Å²) in [5.74, 6) is 1.27. The molecule has 0 saturated heterocycles. The number of hydrogen-bond acceptors (Lipinski definition) is 4. The fourth-order valence-electron chi connectivity index (χ4n) is 2.64. The van der Waals surface area contributed by atoms with Crippen molar-refractivity contribution in [2.45, 2.75) is 6.92 Å². The van der Waals surface area contributed by atoms with Crippen LogP contribution in [0.3, 0.4) is 0 Å². The molecule has 1 heterocycles. The summed E-state index contributed by atoms with van der Waals surface area (Å²) >= 11 is 6.29. The van der Waals surface area contributed by atoms with Gasteiger partial charge in [0.05, 0.1) is 21.7 Å². The summed E-state index contributed by atoms with van der Waals surface area (Å²) < 4.78 is 0. The lowest BCUT2D eigenvalue weighted by Crippen LogP contribution is -2.03. The van der Waals surface area contributed by atoms with Crippen LogP contribution in [0.25, 0.3) is 11.0 Å². The van der Waals surface area contributed by atoms with E-state index in [1.807, 2.05) is 60.7 Å². The first-order chi connectivity index (χ1) is 12.7. The molecule has 0 radical (unpaired) electrons. The first-order valence-electron chi connectivity index (χ1n) is 8.31. The number of halogens is 1. The zero-order valence-electron chi connectivity index (χ0n) is 14.2. The van der Waals surface area contributed by atoms with Crippen molar-refractivity contribution in [3.05, 3.63) is 83.4 Å². The van der Waals surface area contributed by atoms with Crippen LogP contribution < -0.4 is 10.6 Å². The molecule has 0 aliphatic carbocycles. The molecule has 128 valence electrons. The van der Waals surface area contributed by atoms with Gasteiger partial charge in [-0.3, -0.25) is 0 Å². The highest BCUT2D eigenvalue weighted by Gasteiger charge is 2.11. The Labute approximate surface area is 156 Å². The van der Waals surface area contributed by atoms with Gasteiger partial charge in [-0.1, -0.05) is 53.6 Å². The van der Waals surface area contributed by atoms with Crippen LogP contribution in [0, 0.1) is 6.92 Å². The van der Waals surface area contributed by atoms with E-state index in [1.165, 1.54) is 5.56 Å². The first kappa shape index (κ1) is 16.4. The maximum atomic E-state index is 6.29. The molecule has 5 heteroatoms. The molecule has 0 atom stereocenters. The Morgan fingerprint density at radius 2 is 1.27 bits per heavy atom. The average molecular weight is 361 g/mol. The maximum absolute atomic E-state index is 6.29. The van der Waals surface area contributed by atoms with E-state index >= 15 is 0 Å². The molecule has 0 bridgehead atoms. The van der Waals surface area contributed by atoms with Crippen molar-refractivity contribution >= 4 is 45.6 Å². The molecule has 0 amide bonds. The summed E-state index contributed by atoms with van der Waals surface area (Å²) in [4.78, 5) is 9.47. The van der Waals surface area contributed by atoms with E-state index in [0.29, 0.717) is 16.7 Å². The SMILES string of the molecule is Cc1ccc(Nc2nc3ccccc3nc2Nc2ccccc2Cl)cc1. The Bertz CT molecular complexity index is 1060. The predicted molar refractivity (Wildman–Crippen MR) is 109 cm³/mol. The standard InChI is InChI=1S/C21H17ClN4/c1-14-10-12-15(13-11-14)23-20-21(24-17-7-3-2-6-16(17)22)26-19-9-5-4-8-18(19)25-20/h2-13H,1H3,(H,23,25)(H,24,26). The van der Waals surface area contributed by atoms with Gasteiger partial charge in [0.15, 0.2) is 11.6 Å². The summed E-state index contributed by atoms with van der Waals surface area (Å²) in [5, 5.41) is 7.28. The van der Waals surface area contributed by atoms with Crippen LogP contribution in [0.1, 0.15) is 5.56 Å². The largest absolute Gasteiger partial charge is 0.337 e. The molecule has 0 saturated carbocycles. The molecular formula is C21H17ClN4. The summed E-state index contributed by atoms with van der Waals surface area (Å²) in [7, 11) is 0. The van der Waals surface area contributed by atoms with Crippen LogP contribution >= 0.6 is 11.6 Å². The third kappa shape index (κ3) is 3.46. The number of benzene rings is 3. The number of anilines is 4. The Balaban J connectivity index is 1.78. The van der Waals surface area contributed by atoms with E-state index in [2.05, 4.69) is 29.7 Å². The minimum absolute atomic E-state index is 0.623. The van der Waals surface area contributed by atoms with E-state index in [-0.39, 0.29) is 0 Å². The molecule has 0 unspecified atom stereocenters. The van der Waals surface area contributed by atoms with Gasteiger partial charge < -0.3 is 10.6 Å². The lowest BCUT2D eigenvalue weighted by Gasteiger charge is -2.14. The van der Waals surface area contributed by atoms with Crippen LogP contribution in [0.15, 0.2) is 72.8 Å². The molecule has 26 heavy (non-hydrogen) atoms. The highest BCUT2D eigenvalue weighted by Crippen LogP contribution is 2.30. The number of aryl methyl sites for hydroxylation is 1. The molecule has 4 nitrogen and oxygen atoms in total. The molecule has 0 fully saturated rings. The first-order valence-corrected chi connectivity index (χ1v) is 8.69. The van der Waals surface area contributed by atoms with Gasteiger partial charge in [0.2, 0.25) is 0 Å². The van der Waals surface area contributed by atoms with Crippen molar-refractivity contribution in [2.75, 3.05) is 10.6 Å². The van der Waals surface area contributed by atoms with Gasteiger partial charge in [-0.25, -0.2) is 9.97 Å². The predicted octanol–water partition coefficient (Wildman–Crippen LogP) is 6.08. The summed E-state index contributed by atoms with van der Waals surface area (Å²) in [6.45, 7) is 2.06.